The molecule has 0 fully saturated rings. The molecule has 0 saturated carbocycles. The number of aryl methyl sites for hydroxylation is 1. The lowest BCUT2D eigenvalue weighted by Crippen LogP contribution is -2.43. The van der Waals surface area contributed by atoms with Crippen molar-refractivity contribution in [3.8, 4) is 0 Å². The molecule has 1 atom stereocenters. The molecule has 0 aliphatic carbocycles. The topological polar surface area (TPSA) is 49.4 Å². The number of carbonyl (C=O) groups excluding carboxylic acids is 2. The maximum Gasteiger partial charge on any atom is 0.247 e. The Hall–Kier alpha value is -3.77. The van der Waals surface area contributed by atoms with Gasteiger partial charge in [0.2, 0.25) is 11.8 Å². The van der Waals surface area contributed by atoms with Gasteiger partial charge in [-0.1, -0.05) is 78.4 Å². The third-order valence-corrected chi connectivity index (χ3v) is 6.63. The average molecular weight is 487 g/mol. The van der Waals surface area contributed by atoms with Gasteiger partial charge in [0, 0.05) is 18.0 Å². The molecule has 178 valence electrons. The number of amides is 2. The highest BCUT2D eigenvalue weighted by atomic mass is 32.1. The first-order valence-corrected chi connectivity index (χ1v) is 12.3. The lowest BCUT2D eigenvalue weighted by Gasteiger charge is -2.32. The van der Waals surface area contributed by atoms with Gasteiger partial charge in [0.05, 0.1) is 6.42 Å². The molecular formula is C29H27FN2O2S. The highest BCUT2D eigenvalue weighted by molar-refractivity contribution is 7.10. The fourth-order valence-electron chi connectivity index (χ4n) is 3.88. The van der Waals surface area contributed by atoms with Gasteiger partial charge < -0.3 is 10.2 Å². The fourth-order valence-corrected chi connectivity index (χ4v) is 4.57. The molecular weight excluding hydrogens is 459 g/mol. The van der Waals surface area contributed by atoms with Crippen molar-refractivity contribution >= 4 is 23.2 Å². The summed E-state index contributed by atoms with van der Waals surface area (Å²) in [6.45, 7) is 2.59. The fraction of sp³-hybridized carbons (Fsp3) is 0.172. The van der Waals surface area contributed by atoms with Crippen LogP contribution >= 0.6 is 11.3 Å². The summed E-state index contributed by atoms with van der Waals surface area (Å²) >= 11 is 1.50. The van der Waals surface area contributed by atoms with E-state index in [1.807, 2.05) is 79.0 Å². The Kier molecular flexibility index (Phi) is 8.06. The first-order valence-electron chi connectivity index (χ1n) is 11.4. The predicted molar refractivity (Wildman–Crippen MR) is 137 cm³/mol. The smallest absolute Gasteiger partial charge is 0.247 e. The van der Waals surface area contributed by atoms with E-state index in [-0.39, 0.29) is 24.8 Å². The van der Waals surface area contributed by atoms with E-state index >= 15 is 0 Å². The summed E-state index contributed by atoms with van der Waals surface area (Å²) in [5.74, 6) is -0.878. The average Bonchev–Trinajstić information content (AvgIpc) is 3.38. The van der Waals surface area contributed by atoms with Gasteiger partial charge in [-0.3, -0.25) is 9.59 Å². The van der Waals surface area contributed by atoms with Crippen molar-refractivity contribution in [3.63, 3.8) is 0 Å². The molecule has 4 nitrogen and oxygen atoms in total. The van der Waals surface area contributed by atoms with E-state index in [1.54, 1.807) is 17.0 Å². The Morgan fingerprint density at radius 2 is 1.60 bits per heavy atom. The van der Waals surface area contributed by atoms with E-state index in [0.717, 1.165) is 21.6 Å². The van der Waals surface area contributed by atoms with E-state index in [2.05, 4.69) is 5.32 Å². The van der Waals surface area contributed by atoms with Crippen LogP contribution in [0.25, 0.3) is 0 Å². The SMILES string of the molecule is Cc1ccc(CN(C(=O)Cc2cccs2)C(C(=O)NCc2ccccc2)c2ccc(F)cc2)cc1. The minimum Gasteiger partial charge on any atom is -0.350 e. The summed E-state index contributed by atoms with van der Waals surface area (Å²) in [7, 11) is 0. The van der Waals surface area contributed by atoms with Crippen LogP contribution in [0.4, 0.5) is 4.39 Å². The zero-order valence-corrected chi connectivity index (χ0v) is 20.3. The Morgan fingerprint density at radius 3 is 2.26 bits per heavy atom. The van der Waals surface area contributed by atoms with Gasteiger partial charge in [-0.25, -0.2) is 4.39 Å². The number of nitrogens with zero attached hydrogens (tertiary/aromatic N) is 1. The molecule has 1 unspecified atom stereocenters. The molecule has 1 heterocycles. The van der Waals surface area contributed by atoms with Crippen molar-refractivity contribution in [2.24, 2.45) is 0 Å². The van der Waals surface area contributed by atoms with E-state index < -0.39 is 11.9 Å². The van der Waals surface area contributed by atoms with Gasteiger partial charge in [-0.15, -0.1) is 11.3 Å². The molecule has 1 aromatic heterocycles. The predicted octanol–water partition coefficient (Wildman–Crippen LogP) is 5.82. The van der Waals surface area contributed by atoms with Crippen LogP contribution in [0.3, 0.4) is 0 Å². The van der Waals surface area contributed by atoms with Crippen molar-refractivity contribution in [1.29, 1.82) is 0 Å². The molecule has 6 heteroatoms. The third kappa shape index (κ3) is 6.64. The summed E-state index contributed by atoms with van der Waals surface area (Å²) in [6, 6.07) is 26.2. The lowest BCUT2D eigenvalue weighted by atomic mass is 10.0. The number of hydrogen-bond donors (Lipinski definition) is 1. The first-order chi connectivity index (χ1) is 17.0. The minimum atomic E-state index is -0.909. The van der Waals surface area contributed by atoms with Crippen molar-refractivity contribution in [3.05, 3.63) is 129 Å². The summed E-state index contributed by atoms with van der Waals surface area (Å²) in [5, 5.41) is 4.90. The van der Waals surface area contributed by atoms with Gasteiger partial charge in [0.1, 0.15) is 11.9 Å². The Labute approximate surface area is 209 Å². The summed E-state index contributed by atoms with van der Waals surface area (Å²) in [4.78, 5) is 29.7. The number of halogens is 1. The molecule has 0 aliphatic heterocycles. The largest absolute Gasteiger partial charge is 0.350 e. The molecule has 0 bridgehead atoms. The second-order valence-corrected chi connectivity index (χ2v) is 9.45. The highest BCUT2D eigenvalue weighted by Gasteiger charge is 2.31. The molecule has 1 N–H and O–H groups in total. The number of benzene rings is 3. The van der Waals surface area contributed by atoms with Gasteiger partial charge >= 0.3 is 0 Å². The van der Waals surface area contributed by atoms with Gasteiger partial charge in [-0.2, -0.15) is 0 Å². The number of hydrogen-bond acceptors (Lipinski definition) is 3. The standard InChI is InChI=1S/C29H27FN2O2S/c1-21-9-11-23(12-10-21)20-32(27(33)18-26-8-5-17-35-26)28(24-13-15-25(30)16-14-24)29(34)31-19-22-6-3-2-4-7-22/h2-17,28H,18-20H2,1H3,(H,31,34). The monoisotopic (exact) mass is 486 g/mol. The molecule has 0 spiro atoms. The second-order valence-electron chi connectivity index (χ2n) is 8.42. The normalized spacial score (nSPS) is 11.6. The molecule has 4 aromatic rings. The zero-order valence-electron chi connectivity index (χ0n) is 19.5. The first kappa shape index (κ1) is 24.4. The quantitative estimate of drug-likeness (QED) is 0.324. The van der Waals surface area contributed by atoms with Gasteiger partial charge in [-0.05, 0) is 47.2 Å². The number of rotatable bonds is 9. The zero-order chi connectivity index (χ0) is 24.6. The van der Waals surface area contributed by atoms with Crippen LogP contribution in [-0.2, 0) is 29.1 Å². The van der Waals surface area contributed by atoms with E-state index in [0.29, 0.717) is 12.1 Å². The maximum atomic E-state index is 13.7. The van der Waals surface area contributed by atoms with Gasteiger partial charge in [0.15, 0.2) is 0 Å². The van der Waals surface area contributed by atoms with Crippen LogP contribution in [0.5, 0.6) is 0 Å². The van der Waals surface area contributed by atoms with Crippen LogP contribution in [0.1, 0.15) is 33.2 Å². The number of carbonyl (C=O) groups is 2. The molecule has 4 rings (SSSR count). The molecule has 0 radical (unpaired) electrons. The maximum absolute atomic E-state index is 13.7. The summed E-state index contributed by atoms with van der Waals surface area (Å²) in [6.07, 6.45) is 0.188. The Morgan fingerprint density at radius 1 is 0.886 bits per heavy atom. The van der Waals surface area contributed by atoms with Crippen LogP contribution in [0.2, 0.25) is 0 Å². The minimum absolute atomic E-state index is 0.169. The van der Waals surface area contributed by atoms with Crippen LogP contribution in [-0.4, -0.2) is 16.7 Å². The molecule has 2 amide bonds. The van der Waals surface area contributed by atoms with Crippen molar-refractivity contribution in [2.45, 2.75) is 32.5 Å². The second kappa shape index (κ2) is 11.6. The summed E-state index contributed by atoms with van der Waals surface area (Å²) < 4.78 is 13.7. The van der Waals surface area contributed by atoms with Crippen LogP contribution < -0.4 is 5.32 Å². The van der Waals surface area contributed by atoms with Crippen molar-refractivity contribution in [2.75, 3.05) is 0 Å². The summed E-state index contributed by atoms with van der Waals surface area (Å²) in [5.41, 5.74) is 3.54. The van der Waals surface area contributed by atoms with E-state index in [4.69, 9.17) is 0 Å². The number of thiophene rings is 1. The highest BCUT2D eigenvalue weighted by Crippen LogP contribution is 2.26. The van der Waals surface area contributed by atoms with Crippen LogP contribution in [0, 0.1) is 12.7 Å². The molecule has 0 saturated heterocycles. The molecule has 0 aliphatic rings. The van der Waals surface area contributed by atoms with Gasteiger partial charge in [0.25, 0.3) is 0 Å². The molecule has 35 heavy (non-hydrogen) atoms. The van der Waals surface area contributed by atoms with E-state index in [9.17, 15) is 14.0 Å². The Bertz CT molecular complexity index is 1240. The molecule has 3 aromatic carbocycles. The van der Waals surface area contributed by atoms with E-state index in [1.165, 1.54) is 23.5 Å². The Balaban J connectivity index is 1.68. The van der Waals surface area contributed by atoms with Crippen LogP contribution in [0.15, 0.2) is 96.4 Å². The van der Waals surface area contributed by atoms with Crippen molar-refractivity contribution in [1.82, 2.24) is 10.2 Å². The number of nitrogens with one attached hydrogen (secondary N) is 1. The third-order valence-electron chi connectivity index (χ3n) is 5.75. The van der Waals surface area contributed by atoms with Crippen molar-refractivity contribution < 1.29 is 14.0 Å². The lowest BCUT2D eigenvalue weighted by molar-refractivity contribution is -0.141.